The highest BCUT2D eigenvalue weighted by molar-refractivity contribution is 5.99. The first kappa shape index (κ1) is 21.2. The number of carbonyl (C=O) groups excluding carboxylic acids is 2. The summed E-state index contributed by atoms with van der Waals surface area (Å²) in [6.45, 7) is 0.868. The predicted molar refractivity (Wildman–Crippen MR) is 113 cm³/mol. The van der Waals surface area contributed by atoms with Gasteiger partial charge in [0.15, 0.2) is 5.78 Å². The van der Waals surface area contributed by atoms with Crippen LogP contribution in [-0.2, 0) is 11.2 Å². The summed E-state index contributed by atoms with van der Waals surface area (Å²) in [5.74, 6) is -0.208. The van der Waals surface area contributed by atoms with Gasteiger partial charge in [-0.3, -0.25) is 9.59 Å². The van der Waals surface area contributed by atoms with Crippen molar-refractivity contribution in [2.24, 2.45) is 0 Å². The normalized spacial score (nSPS) is 16.4. The molecule has 1 fully saturated rings. The number of hydrogen-bond acceptors (Lipinski definition) is 4. The van der Waals surface area contributed by atoms with E-state index in [0.717, 1.165) is 50.0 Å². The average molecular weight is 395 g/mol. The molecule has 1 aliphatic heterocycles. The molecule has 0 radical (unpaired) electrons. The molecule has 1 aromatic carbocycles. The minimum atomic E-state index is -0.275. The SMILES string of the molecule is CNC(=O)c1cc(C(=O)CCCC[C@H]2CCCCO2)cc(Cc2ccccc2)n1. The van der Waals surface area contributed by atoms with Crippen molar-refractivity contribution in [1.29, 1.82) is 0 Å². The van der Waals surface area contributed by atoms with E-state index in [2.05, 4.69) is 10.3 Å². The van der Waals surface area contributed by atoms with Crippen LogP contribution in [0.5, 0.6) is 0 Å². The second kappa shape index (κ2) is 10.9. The zero-order chi connectivity index (χ0) is 20.5. The van der Waals surface area contributed by atoms with Gasteiger partial charge in [-0.25, -0.2) is 4.98 Å². The molecule has 0 aliphatic carbocycles. The Labute approximate surface area is 172 Å². The molecule has 0 saturated carbocycles. The molecule has 2 heterocycles. The van der Waals surface area contributed by atoms with Crippen molar-refractivity contribution in [3.8, 4) is 0 Å². The number of unbranched alkanes of at least 4 members (excludes halogenated alkanes) is 1. The molecular formula is C24H30N2O3. The number of rotatable bonds is 9. The average Bonchev–Trinajstić information content (AvgIpc) is 2.77. The summed E-state index contributed by atoms with van der Waals surface area (Å²) in [5.41, 5.74) is 2.69. The number of Topliss-reactive ketones (excluding diaryl/α,β-unsaturated/α-hetero) is 1. The molecule has 1 aliphatic rings. The minimum Gasteiger partial charge on any atom is -0.378 e. The molecule has 1 amide bonds. The van der Waals surface area contributed by atoms with Crippen LogP contribution < -0.4 is 5.32 Å². The second-order valence-corrected chi connectivity index (χ2v) is 7.63. The number of hydrogen-bond donors (Lipinski definition) is 1. The third-order valence-corrected chi connectivity index (χ3v) is 5.34. The maximum absolute atomic E-state index is 12.8. The smallest absolute Gasteiger partial charge is 0.269 e. The van der Waals surface area contributed by atoms with Gasteiger partial charge in [0.2, 0.25) is 0 Å². The lowest BCUT2D eigenvalue weighted by atomic mass is 9.99. The minimum absolute atomic E-state index is 0.0661. The van der Waals surface area contributed by atoms with Crippen LogP contribution in [0.1, 0.15) is 77.0 Å². The summed E-state index contributed by atoms with van der Waals surface area (Å²) in [7, 11) is 1.57. The maximum atomic E-state index is 12.8. The van der Waals surface area contributed by atoms with E-state index in [1.54, 1.807) is 13.1 Å². The van der Waals surface area contributed by atoms with Gasteiger partial charge in [0, 0.05) is 37.8 Å². The maximum Gasteiger partial charge on any atom is 0.269 e. The van der Waals surface area contributed by atoms with Crippen molar-refractivity contribution < 1.29 is 14.3 Å². The Bertz CT molecular complexity index is 814. The number of ether oxygens (including phenoxy) is 1. The standard InChI is InChI=1S/C24H30N2O3/c1-25-24(28)22-17-19(16-20(26-22)15-18-9-3-2-4-10-18)23(27)13-6-5-11-21-12-7-8-14-29-21/h2-4,9-10,16-17,21H,5-8,11-15H2,1H3,(H,25,28)/t21-/m0/s1. The van der Waals surface area contributed by atoms with Gasteiger partial charge >= 0.3 is 0 Å². The molecular weight excluding hydrogens is 364 g/mol. The summed E-state index contributed by atoms with van der Waals surface area (Å²) in [5, 5.41) is 2.60. The van der Waals surface area contributed by atoms with E-state index in [-0.39, 0.29) is 11.7 Å². The van der Waals surface area contributed by atoms with Gasteiger partial charge in [-0.2, -0.15) is 0 Å². The zero-order valence-electron chi connectivity index (χ0n) is 17.2. The third kappa shape index (κ3) is 6.50. The Morgan fingerprint density at radius 2 is 1.97 bits per heavy atom. The Morgan fingerprint density at radius 3 is 2.69 bits per heavy atom. The highest BCUT2D eigenvalue weighted by atomic mass is 16.5. The summed E-state index contributed by atoms with van der Waals surface area (Å²) in [6, 6.07) is 13.4. The summed E-state index contributed by atoms with van der Waals surface area (Å²) in [4.78, 5) is 29.4. The molecule has 3 rings (SSSR count). The fourth-order valence-electron chi connectivity index (χ4n) is 3.73. The highest BCUT2D eigenvalue weighted by Crippen LogP contribution is 2.19. The molecule has 0 unspecified atom stereocenters. The largest absolute Gasteiger partial charge is 0.378 e. The van der Waals surface area contributed by atoms with Crippen molar-refractivity contribution >= 4 is 11.7 Å². The van der Waals surface area contributed by atoms with Gasteiger partial charge in [0.25, 0.3) is 5.91 Å². The molecule has 1 aromatic heterocycles. The molecule has 0 bridgehead atoms. The molecule has 0 spiro atoms. The molecule has 1 N–H and O–H groups in total. The second-order valence-electron chi connectivity index (χ2n) is 7.63. The quantitative estimate of drug-likeness (QED) is 0.507. The monoisotopic (exact) mass is 394 g/mol. The molecule has 1 atom stereocenters. The van der Waals surface area contributed by atoms with Crippen molar-refractivity contribution in [2.75, 3.05) is 13.7 Å². The Hall–Kier alpha value is -2.53. The first-order valence-corrected chi connectivity index (χ1v) is 10.6. The fraction of sp³-hybridized carbons (Fsp3) is 0.458. The van der Waals surface area contributed by atoms with E-state index < -0.39 is 0 Å². The topological polar surface area (TPSA) is 68.3 Å². The van der Waals surface area contributed by atoms with Crippen LogP contribution in [0.2, 0.25) is 0 Å². The number of amides is 1. The molecule has 5 nitrogen and oxygen atoms in total. The number of benzene rings is 1. The van der Waals surface area contributed by atoms with Gasteiger partial charge in [0.05, 0.1) is 6.10 Å². The van der Waals surface area contributed by atoms with Crippen molar-refractivity contribution in [1.82, 2.24) is 10.3 Å². The Kier molecular flexibility index (Phi) is 7.94. The van der Waals surface area contributed by atoms with E-state index in [0.29, 0.717) is 30.2 Å². The molecule has 1 saturated heterocycles. The number of aromatic nitrogens is 1. The number of ketones is 1. The van der Waals surface area contributed by atoms with Crippen molar-refractivity contribution in [3.63, 3.8) is 0 Å². The van der Waals surface area contributed by atoms with Crippen LogP contribution in [-0.4, -0.2) is 36.4 Å². The third-order valence-electron chi connectivity index (χ3n) is 5.34. The van der Waals surface area contributed by atoms with Gasteiger partial charge < -0.3 is 10.1 Å². The van der Waals surface area contributed by atoms with E-state index in [4.69, 9.17) is 4.74 Å². The first-order valence-electron chi connectivity index (χ1n) is 10.6. The Balaban J connectivity index is 1.63. The molecule has 5 heteroatoms. The Morgan fingerprint density at radius 1 is 1.14 bits per heavy atom. The van der Waals surface area contributed by atoms with Crippen molar-refractivity contribution in [3.05, 3.63) is 65.0 Å². The lowest BCUT2D eigenvalue weighted by molar-refractivity contribution is 0.00979. The summed E-state index contributed by atoms with van der Waals surface area (Å²) in [6.07, 6.45) is 7.81. The number of carbonyl (C=O) groups is 2. The van der Waals surface area contributed by atoms with Crippen LogP contribution in [0.4, 0.5) is 0 Å². The fourth-order valence-corrected chi connectivity index (χ4v) is 3.73. The van der Waals surface area contributed by atoms with Crippen molar-refractivity contribution in [2.45, 2.75) is 57.5 Å². The van der Waals surface area contributed by atoms with E-state index in [1.807, 2.05) is 36.4 Å². The van der Waals surface area contributed by atoms with E-state index in [9.17, 15) is 9.59 Å². The summed E-state index contributed by atoms with van der Waals surface area (Å²) >= 11 is 0. The van der Waals surface area contributed by atoms with Crippen LogP contribution in [0.25, 0.3) is 0 Å². The van der Waals surface area contributed by atoms with Crippen LogP contribution in [0, 0.1) is 0 Å². The highest BCUT2D eigenvalue weighted by Gasteiger charge is 2.16. The lowest BCUT2D eigenvalue weighted by Gasteiger charge is -2.22. The van der Waals surface area contributed by atoms with Crippen LogP contribution in [0.3, 0.4) is 0 Å². The molecule has 154 valence electrons. The van der Waals surface area contributed by atoms with Crippen LogP contribution >= 0.6 is 0 Å². The van der Waals surface area contributed by atoms with Gasteiger partial charge in [-0.15, -0.1) is 0 Å². The molecule has 2 aromatic rings. The summed E-state index contributed by atoms with van der Waals surface area (Å²) < 4.78 is 5.76. The molecule has 29 heavy (non-hydrogen) atoms. The predicted octanol–water partition coefficient (Wildman–Crippen LogP) is 4.34. The van der Waals surface area contributed by atoms with E-state index >= 15 is 0 Å². The van der Waals surface area contributed by atoms with Gasteiger partial charge in [-0.05, 0) is 49.8 Å². The number of pyridine rings is 1. The van der Waals surface area contributed by atoms with Gasteiger partial charge in [-0.1, -0.05) is 36.8 Å². The number of nitrogens with zero attached hydrogens (tertiary/aromatic N) is 1. The number of nitrogens with one attached hydrogen (secondary N) is 1. The van der Waals surface area contributed by atoms with Crippen LogP contribution in [0.15, 0.2) is 42.5 Å². The van der Waals surface area contributed by atoms with E-state index in [1.165, 1.54) is 6.42 Å². The zero-order valence-corrected chi connectivity index (χ0v) is 17.2. The van der Waals surface area contributed by atoms with Gasteiger partial charge in [0.1, 0.15) is 5.69 Å². The lowest BCUT2D eigenvalue weighted by Crippen LogP contribution is -2.20. The first-order chi connectivity index (χ1) is 14.2.